The third-order valence-corrected chi connectivity index (χ3v) is 2.56. The molecule has 0 aromatic rings. The Balaban J connectivity index is 2.01. The quantitative estimate of drug-likeness (QED) is 0.621. The van der Waals surface area contributed by atoms with Gasteiger partial charge >= 0.3 is 0 Å². The topological polar surface area (TPSA) is 21.6 Å². The number of hydrogen-bond donors (Lipinski definition) is 0. The van der Waals surface area contributed by atoms with Crippen LogP contribution in [0.4, 0.5) is 0 Å². The summed E-state index contributed by atoms with van der Waals surface area (Å²) in [4.78, 5) is 4.60. The number of rotatable bonds is 1. The van der Waals surface area contributed by atoms with Crippen molar-refractivity contribution in [1.82, 2.24) is 0 Å². The first kappa shape index (κ1) is 10.0. The van der Waals surface area contributed by atoms with Gasteiger partial charge in [0.15, 0.2) is 5.90 Å². The second-order valence-corrected chi connectivity index (χ2v) is 4.80. The lowest BCUT2D eigenvalue weighted by atomic mass is 9.88. The highest BCUT2D eigenvalue weighted by Crippen LogP contribution is 2.32. The number of hydrogen-bond acceptors (Lipinski definition) is 2. The highest BCUT2D eigenvalue weighted by atomic mass is 16.5. The van der Waals surface area contributed by atoms with Gasteiger partial charge in [0.1, 0.15) is 6.61 Å². The van der Waals surface area contributed by atoms with E-state index in [-0.39, 0.29) is 11.5 Å². The fourth-order valence-corrected chi connectivity index (χ4v) is 1.49. The van der Waals surface area contributed by atoms with Gasteiger partial charge in [-0.15, -0.1) is 0 Å². The molecule has 2 rings (SSSR count). The predicted octanol–water partition coefficient (Wildman–Crippen LogP) is 2.24. The average Bonchev–Trinajstić information content (AvgIpc) is 2.73. The molecule has 1 aliphatic heterocycles. The first-order valence-corrected chi connectivity index (χ1v) is 5.00. The van der Waals surface area contributed by atoms with Crippen LogP contribution >= 0.6 is 0 Å². The average molecular weight is 190 g/mol. The fraction of sp³-hybridized carbons (Fsp3) is 0.500. The number of nitrogens with zero attached hydrogens (tertiary/aromatic N) is 1. The van der Waals surface area contributed by atoms with Crippen LogP contribution in [0, 0.1) is 37.0 Å². The van der Waals surface area contributed by atoms with Gasteiger partial charge in [0.2, 0.25) is 0 Å². The van der Waals surface area contributed by atoms with Gasteiger partial charge in [-0.3, -0.25) is 0 Å². The van der Waals surface area contributed by atoms with Crippen molar-refractivity contribution in [2.24, 2.45) is 10.4 Å². The van der Waals surface area contributed by atoms with Gasteiger partial charge < -0.3 is 4.74 Å². The van der Waals surface area contributed by atoms with Gasteiger partial charge in [0, 0.05) is 0 Å². The Morgan fingerprint density at radius 1 is 1.29 bits per heavy atom. The Bertz CT molecular complexity index is 233. The summed E-state index contributed by atoms with van der Waals surface area (Å²) in [5.41, 5.74) is 0.189. The maximum absolute atomic E-state index is 5.59. The van der Waals surface area contributed by atoms with Crippen LogP contribution in [0.1, 0.15) is 20.8 Å². The van der Waals surface area contributed by atoms with Crippen LogP contribution in [-0.4, -0.2) is 18.5 Å². The Morgan fingerprint density at radius 3 is 2.43 bits per heavy atom. The molecule has 1 heterocycles. The largest absolute Gasteiger partial charge is 0.478 e. The van der Waals surface area contributed by atoms with Gasteiger partial charge in [-0.05, 0) is 31.1 Å². The van der Waals surface area contributed by atoms with Crippen molar-refractivity contribution in [3.63, 3.8) is 0 Å². The molecule has 0 spiro atoms. The summed E-state index contributed by atoms with van der Waals surface area (Å²) < 4.78 is 5.59. The highest BCUT2D eigenvalue weighted by Gasteiger charge is 2.34. The van der Waals surface area contributed by atoms with Crippen molar-refractivity contribution >= 4 is 5.90 Å². The molecule has 1 fully saturated rings. The maximum Gasteiger partial charge on any atom is 0.191 e. The summed E-state index contributed by atoms with van der Waals surface area (Å²) in [5.74, 6) is 1.90. The Morgan fingerprint density at radius 2 is 1.93 bits per heavy atom. The highest BCUT2D eigenvalue weighted by molar-refractivity contribution is 5.96. The predicted molar refractivity (Wildman–Crippen MR) is 57.1 cm³/mol. The summed E-state index contributed by atoms with van der Waals surface area (Å²) in [6, 6.07) is 0.285. The van der Waals surface area contributed by atoms with Crippen molar-refractivity contribution in [2.75, 3.05) is 6.61 Å². The zero-order chi connectivity index (χ0) is 10.2. The van der Waals surface area contributed by atoms with E-state index in [9.17, 15) is 0 Å². The Labute approximate surface area is 86.8 Å². The lowest BCUT2D eigenvalue weighted by molar-refractivity contribution is 0.235. The summed E-state index contributed by atoms with van der Waals surface area (Å²) >= 11 is 0. The summed E-state index contributed by atoms with van der Waals surface area (Å²) in [5, 5.41) is 0. The van der Waals surface area contributed by atoms with Gasteiger partial charge in [0.05, 0.1) is 12.0 Å². The number of ether oxygens (including phenoxy) is 1. The zero-order valence-electron chi connectivity index (χ0n) is 8.95. The molecule has 14 heavy (non-hydrogen) atoms. The molecule has 0 amide bonds. The van der Waals surface area contributed by atoms with Gasteiger partial charge in [0.25, 0.3) is 0 Å². The van der Waals surface area contributed by atoms with Gasteiger partial charge in [-0.1, -0.05) is 20.8 Å². The van der Waals surface area contributed by atoms with E-state index in [1.165, 1.54) is 0 Å². The van der Waals surface area contributed by atoms with E-state index >= 15 is 0 Å². The molecule has 2 nitrogen and oxygen atoms in total. The van der Waals surface area contributed by atoms with E-state index < -0.39 is 0 Å². The van der Waals surface area contributed by atoms with Crippen LogP contribution < -0.4 is 0 Å². The Kier molecular flexibility index (Phi) is 2.54. The first-order valence-electron chi connectivity index (χ1n) is 5.00. The second kappa shape index (κ2) is 3.56. The molecule has 75 valence electrons. The molecular weight excluding hydrogens is 174 g/mol. The molecule has 1 atom stereocenters. The molecule has 2 heteroatoms. The molecule has 5 radical (unpaired) electrons. The van der Waals surface area contributed by atoms with Gasteiger partial charge in [-0.2, -0.15) is 0 Å². The van der Waals surface area contributed by atoms with E-state index in [0.717, 1.165) is 11.8 Å². The lowest BCUT2D eigenvalue weighted by Gasteiger charge is -2.21. The van der Waals surface area contributed by atoms with E-state index in [1.807, 2.05) is 25.7 Å². The molecule has 0 unspecified atom stereocenters. The van der Waals surface area contributed by atoms with E-state index in [0.29, 0.717) is 6.61 Å². The standard InChI is InChI=1S/C12H16NO/c1-12(2,3)10-8-14-11(13-10)9-6-4-5-7-9/h4-7,10H,8H2,1-3H3/t10-/m0/s1. The second-order valence-electron chi connectivity index (χ2n) is 4.80. The zero-order valence-corrected chi connectivity index (χ0v) is 8.95. The summed E-state index contributed by atoms with van der Waals surface area (Å²) in [6.07, 6.45) is 8.07. The minimum Gasteiger partial charge on any atom is -0.478 e. The van der Waals surface area contributed by atoms with Crippen molar-refractivity contribution < 1.29 is 4.74 Å². The molecular formula is C12H16NO. The van der Waals surface area contributed by atoms with Crippen molar-refractivity contribution in [3.05, 3.63) is 31.6 Å². The SMILES string of the molecule is CC(C)(C)[C@@H]1COC([C]2[CH][CH][CH][CH]2)=N1. The van der Waals surface area contributed by atoms with Crippen LogP contribution in [0.2, 0.25) is 0 Å². The minimum absolute atomic E-state index is 0.189. The Hall–Kier alpha value is -0.530. The third-order valence-electron chi connectivity index (χ3n) is 2.56. The van der Waals surface area contributed by atoms with Crippen molar-refractivity contribution in [1.29, 1.82) is 0 Å². The summed E-state index contributed by atoms with van der Waals surface area (Å²) in [6.45, 7) is 7.29. The lowest BCUT2D eigenvalue weighted by Crippen LogP contribution is -2.25. The van der Waals surface area contributed by atoms with E-state index in [4.69, 9.17) is 4.74 Å². The van der Waals surface area contributed by atoms with Crippen LogP contribution in [-0.2, 0) is 4.74 Å². The number of aliphatic imine (C=N–C) groups is 1. The maximum atomic E-state index is 5.59. The van der Waals surface area contributed by atoms with E-state index in [1.54, 1.807) is 0 Å². The molecule has 0 aromatic heterocycles. The third kappa shape index (κ3) is 1.94. The summed E-state index contributed by atoms with van der Waals surface area (Å²) in [7, 11) is 0. The van der Waals surface area contributed by atoms with E-state index in [2.05, 4.69) is 25.8 Å². The smallest absolute Gasteiger partial charge is 0.191 e. The molecule has 1 aliphatic carbocycles. The molecule has 1 saturated carbocycles. The molecule has 0 saturated heterocycles. The van der Waals surface area contributed by atoms with Crippen LogP contribution in [0.3, 0.4) is 0 Å². The monoisotopic (exact) mass is 190 g/mol. The normalized spacial score (nSPS) is 29.1. The molecule has 0 N–H and O–H groups in total. The fourth-order valence-electron chi connectivity index (χ4n) is 1.49. The van der Waals surface area contributed by atoms with Crippen molar-refractivity contribution in [2.45, 2.75) is 26.8 Å². The molecule has 0 bridgehead atoms. The molecule has 0 aromatic carbocycles. The van der Waals surface area contributed by atoms with Gasteiger partial charge in [-0.25, -0.2) is 4.99 Å². The van der Waals surface area contributed by atoms with Crippen LogP contribution in [0.5, 0.6) is 0 Å². The first-order chi connectivity index (χ1) is 6.57. The van der Waals surface area contributed by atoms with Crippen LogP contribution in [0.25, 0.3) is 0 Å². The van der Waals surface area contributed by atoms with Crippen molar-refractivity contribution in [3.8, 4) is 0 Å². The minimum atomic E-state index is 0.189. The molecule has 2 aliphatic rings. The van der Waals surface area contributed by atoms with Crippen LogP contribution in [0.15, 0.2) is 4.99 Å².